The summed E-state index contributed by atoms with van der Waals surface area (Å²) in [5.41, 5.74) is 5.80. The predicted molar refractivity (Wildman–Crippen MR) is 63.8 cm³/mol. The normalized spacial score (nSPS) is 10.8. The van der Waals surface area contributed by atoms with E-state index in [1.165, 1.54) is 12.1 Å². The monoisotopic (exact) mass is 223 g/mol. The lowest BCUT2D eigenvalue weighted by Gasteiger charge is -2.06. The van der Waals surface area contributed by atoms with Crippen LogP contribution >= 0.6 is 0 Å². The van der Waals surface area contributed by atoms with Crippen molar-refractivity contribution >= 4 is 11.5 Å². The Morgan fingerprint density at radius 2 is 2.12 bits per heavy atom. The summed E-state index contributed by atoms with van der Waals surface area (Å²) < 4.78 is 13.1. The lowest BCUT2D eigenvalue weighted by atomic mass is 10.0. The van der Waals surface area contributed by atoms with Gasteiger partial charge in [0.15, 0.2) is 5.78 Å². The smallest absolute Gasteiger partial charge is 0.165 e. The summed E-state index contributed by atoms with van der Waals surface area (Å²) in [5.74, 6) is -0.00924. The molecule has 0 spiro atoms. The highest BCUT2D eigenvalue weighted by molar-refractivity contribution is 6.00. The van der Waals surface area contributed by atoms with E-state index in [0.29, 0.717) is 17.9 Å². The molecule has 1 aromatic carbocycles. The fourth-order valence-electron chi connectivity index (χ4n) is 1.59. The van der Waals surface area contributed by atoms with Gasteiger partial charge in [0.05, 0.1) is 5.69 Å². The van der Waals surface area contributed by atoms with E-state index in [1.54, 1.807) is 6.07 Å². The number of halogens is 1. The van der Waals surface area contributed by atoms with Gasteiger partial charge in [-0.2, -0.15) is 0 Å². The van der Waals surface area contributed by atoms with Gasteiger partial charge >= 0.3 is 0 Å². The van der Waals surface area contributed by atoms with Crippen molar-refractivity contribution in [2.24, 2.45) is 5.92 Å². The standard InChI is InChI=1S/C13H18FNO/c1-9(2)5-3-8-12(16)10-6-4-7-11(14)13(10)15/h4,6-7,9H,3,5,8,15H2,1-2H3. The lowest BCUT2D eigenvalue weighted by molar-refractivity contribution is 0.0979. The first-order valence-electron chi connectivity index (χ1n) is 5.59. The minimum Gasteiger partial charge on any atom is -0.396 e. The molecule has 0 aliphatic rings. The van der Waals surface area contributed by atoms with Crippen LogP contribution < -0.4 is 5.73 Å². The van der Waals surface area contributed by atoms with E-state index in [9.17, 15) is 9.18 Å². The molecule has 0 amide bonds. The molecule has 0 radical (unpaired) electrons. The van der Waals surface area contributed by atoms with E-state index >= 15 is 0 Å². The van der Waals surface area contributed by atoms with Crippen LogP contribution in [0, 0.1) is 11.7 Å². The average molecular weight is 223 g/mol. The highest BCUT2D eigenvalue weighted by Gasteiger charge is 2.12. The molecule has 88 valence electrons. The van der Waals surface area contributed by atoms with Crippen LogP contribution in [0.15, 0.2) is 18.2 Å². The van der Waals surface area contributed by atoms with Gasteiger partial charge in [0.25, 0.3) is 0 Å². The third-order valence-corrected chi connectivity index (χ3v) is 2.54. The van der Waals surface area contributed by atoms with Crippen molar-refractivity contribution in [2.75, 3.05) is 5.73 Å². The van der Waals surface area contributed by atoms with Gasteiger partial charge in [0, 0.05) is 12.0 Å². The minimum atomic E-state index is -0.519. The van der Waals surface area contributed by atoms with Crippen LogP contribution in [0.5, 0.6) is 0 Å². The maximum Gasteiger partial charge on any atom is 0.165 e. The van der Waals surface area contributed by atoms with Crippen LogP contribution in [0.1, 0.15) is 43.5 Å². The van der Waals surface area contributed by atoms with Crippen molar-refractivity contribution in [2.45, 2.75) is 33.1 Å². The van der Waals surface area contributed by atoms with Crippen molar-refractivity contribution < 1.29 is 9.18 Å². The second kappa shape index (κ2) is 5.64. The molecule has 0 atom stereocenters. The second-order valence-corrected chi connectivity index (χ2v) is 4.41. The Bertz CT molecular complexity index is 374. The number of Topliss-reactive ketones (excluding diaryl/α,β-unsaturated/α-hetero) is 1. The summed E-state index contributed by atoms with van der Waals surface area (Å²) in [6.45, 7) is 4.22. The van der Waals surface area contributed by atoms with Crippen molar-refractivity contribution in [3.05, 3.63) is 29.6 Å². The number of rotatable bonds is 5. The molecule has 1 rings (SSSR count). The average Bonchev–Trinajstić information content (AvgIpc) is 2.21. The highest BCUT2D eigenvalue weighted by atomic mass is 19.1. The topological polar surface area (TPSA) is 43.1 Å². The Morgan fingerprint density at radius 3 is 2.75 bits per heavy atom. The number of benzene rings is 1. The first kappa shape index (κ1) is 12.7. The molecule has 0 aliphatic heterocycles. The van der Waals surface area contributed by atoms with E-state index in [4.69, 9.17) is 5.73 Å². The number of hydrogen-bond acceptors (Lipinski definition) is 2. The molecule has 0 bridgehead atoms. The summed E-state index contributed by atoms with van der Waals surface area (Å²) in [5, 5.41) is 0. The first-order valence-corrected chi connectivity index (χ1v) is 5.59. The van der Waals surface area contributed by atoms with Gasteiger partial charge in [-0.05, 0) is 24.5 Å². The number of nitrogens with two attached hydrogens (primary N) is 1. The SMILES string of the molecule is CC(C)CCCC(=O)c1cccc(F)c1N. The molecule has 0 heterocycles. The molecule has 0 saturated carbocycles. The lowest BCUT2D eigenvalue weighted by Crippen LogP contribution is -2.06. The Morgan fingerprint density at radius 1 is 1.44 bits per heavy atom. The first-order chi connectivity index (χ1) is 7.52. The van der Waals surface area contributed by atoms with Crippen LogP contribution in [-0.2, 0) is 0 Å². The van der Waals surface area contributed by atoms with E-state index in [-0.39, 0.29) is 11.5 Å². The Kier molecular flexibility index (Phi) is 4.47. The molecule has 0 saturated heterocycles. The maximum absolute atomic E-state index is 13.1. The van der Waals surface area contributed by atoms with Crippen LogP contribution in [0.2, 0.25) is 0 Å². The van der Waals surface area contributed by atoms with Gasteiger partial charge in [-0.3, -0.25) is 4.79 Å². The number of para-hydroxylation sites is 1. The summed E-state index contributed by atoms with van der Waals surface area (Å²) in [6, 6.07) is 4.36. The Labute approximate surface area is 95.7 Å². The summed E-state index contributed by atoms with van der Waals surface area (Å²) in [7, 11) is 0. The van der Waals surface area contributed by atoms with Gasteiger partial charge in [-0.15, -0.1) is 0 Å². The van der Waals surface area contributed by atoms with Crippen molar-refractivity contribution in [3.63, 3.8) is 0 Å². The molecule has 1 aromatic rings. The van der Waals surface area contributed by atoms with Gasteiger partial charge in [0.1, 0.15) is 5.82 Å². The van der Waals surface area contributed by atoms with E-state index in [0.717, 1.165) is 12.8 Å². The van der Waals surface area contributed by atoms with E-state index < -0.39 is 5.82 Å². The Hall–Kier alpha value is -1.38. The predicted octanol–water partition coefficient (Wildman–Crippen LogP) is 3.42. The molecule has 2 nitrogen and oxygen atoms in total. The Balaban J connectivity index is 2.63. The van der Waals surface area contributed by atoms with Gasteiger partial charge in [-0.1, -0.05) is 26.3 Å². The number of hydrogen-bond donors (Lipinski definition) is 1. The molecule has 3 heteroatoms. The molecule has 2 N–H and O–H groups in total. The third-order valence-electron chi connectivity index (χ3n) is 2.54. The highest BCUT2D eigenvalue weighted by Crippen LogP contribution is 2.19. The minimum absolute atomic E-state index is 0.0305. The maximum atomic E-state index is 13.1. The zero-order chi connectivity index (χ0) is 12.1. The molecule has 0 unspecified atom stereocenters. The number of carbonyl (C=O) groups is 1. The largest absolute Gasteiger partial charge is 0.396 e. The fraction of sp³-hybridized carbons (Fsp3) is 0.462. The summed E-state index contributed by atoms with van der Waals surface area (Å²) in [6.07, 6.45) is 2.26. The molecule has 0 aromatic heterocycles. The van der Waals surface area contributed by atoms with E-state index in [1.807, 2.05) is 0 Å². The third kappa shape index (κ3) is 3.33. The van der Waals surface area contributed by atoms with Crippen LogP contribution in [0.3, 0.4) is 0 Å². The van der Waals surface area contributed by atoms with Crippen LogP contribution in [-0.4, -0.2) is 5.78 Å². The molecule has 0 aliphatic carbocycles. The molecule has 16 heavy (non-hydrogen) atoms. The van der Waals surface area contributed by atoms with Crippen molar-refractivity contribution in [3.8, 4) is 0 Å². The summed E-state index contributed by atoms with van der Waals surface area (Å²) >= 11 is 0. The van der Waals surface area contributed by atoms with Crippen LogP contribution in [0.4, 0.5) is 10.1 Å². The number of nitrogen functional groups attached to an aromatic ring is 1. The molecule has 0 fully saturated rings. The zero-order valence-corrected chi connectivity index (χ0v) is 9.79. The quantitative estimate of drug-likeness (QED) is 0.614. The number of carbonyl (C=O) groups excluding carboxylic acids is 1. The number of anilines is 1. The van der Waals surface area contributed by atoms with Crippen molar-refractivity contribution in [1.29, 1.82) is 0 Å². The summed E-state index contributed by atoms with van der Waals surface area (Å²) in [4.78, 5) is 11.8. The van der Waals surface area contributed by atoms with Gasteiger partial charge < -0.3 is 5.73 Å². The molecular formula is C13H18FNO. The van der Waals surface area contributed by atoms with Gasteiger partial charge in [0.2, 0.25) is 0 Å². The second-order valence-electron chi connectivity index (χ2n) is 4.41. The zero-order valence-electron chi connectivity index (χ0n) is 9.79. The fourth-order valence-corrected chi connectivity index (χ4v) is 1.59. The van der Waals surface area contributed by atoms with Crippen LogP contribution in [0.25, 0.3) is 0 Å². The molecular weight excluding hydrogens is 205 g/mol. The van der Waals surface area contributed by atoms with Gasteiger partial charge in [-0.25, -0.2) is 4.39 Å². The van der Waals surface area contributed by atoms with Crippen molar-refractivity contribution in [1.82, 2.24) is 0 Å². The number of ketones is 1. The van der Waals surface area contributed by atoms with E-state index in [2.05, 4.69) is 13.8 Å².